The molecule has 0 radical (unpaired) electrons. The van der Waals surface area contributed by atoms with Crippen molar-refractivity contribution in [2.24, 2.45) is 0 Å². The highest BCUT2D eigenvalue weighted by Crippen LogP contribution is 2.16. The van der Waals surface area contributed by atoms with Crippen LogP contribution in [0.4, 0.5) is 11.6 Å². The molecule has 3 heterocycles. The molecule has 7 nitrogen and oxygen atoms in total. The summed E-state index contributed by atoms with van der Waals surface area (Å²) in [6.45, 7) is 6.32. The van der Waals surface area contributed by atoms with E-state index >= 15 is 0 Å². The second kappa shape index (κ2) is 8.67. The van der Waals surface area contributed by atoms with Gasteiger partial charge in [-0.15, -0.1) is 0 Å². The fourth-order valence-corrected chi connectivity index (χ4v) is 2.59. The minimum atomic E-state index is 0.266. The first-order valence-corrected chi connectivity index (χ1v) is 8.97. The number of pyridine rings is 1. The van der Waals surface area contributed by atoms with Crippen LogP contribution in [-0.4, -0.2) is 46.7 Å². The van der Waals surface area contributed by atoms with Gasteiger partial charge in [0.05, 0.1) is 6.10 Å². The minimum absolute atomic E-state index is 0.266. The van der Waals surface area contributed by atoms with E-state index in [0.29, 0.717) is 6.54 Å². The molecular weight excluding hydrogens is 327 g/mol. The highest BCUT2D eigenvalue weighted by molar-refractivity contribution is 6.36. The molecule has 26 heavy (non-hydrogen) atoms. The first kappa shape index (κ1) is 18.2. The summed E-state index contributed by atoms with van der Waals surface area (Å²) in [4.78, 5) is 8.83. The van der Waals surface area contributed by atoms with E-state index < -0.39 is 0 Å². The average Bonchev–Trinajstić information content (AvgIpc) is 3.01. The molecule has 0 spiro atoms. The average molecular weight is 352 g/mol. The Hall–Kier alpha value is -2.61. The molecule has 0 fully saturated rings. The zero-order valence-corrected chi connectivity index (χ0v) is 15.6. The fourth-order valence-electron chi connectivity index (χ4n) is 2.59. The number of nitrogens with one attached hydrogen (secondary N) is 2. The van der Waals surface area contributed by atoms with E-state index in [1.165, 1.54) is 0 Å². The lowest BCUT2D eigenvalue weighted by Gasteiger charge is -2.12. The maximum atomic E-state index is 5.58. The van der Waals surface area contributed by atoms with Crippen molar-refractivity contribution in [3.05, 3.63) is 42.4 Å². The lowest BCUT2D eigenvalue weighted by molar-refractivity contribution is 0.0787. The number of hydrogen-bond donors (Lipinski definition) is 2. The first-order chi connectivity index (χ1) is 12.6. The Morgan fingerprint density at radius 1 is 1.27 bits per heavy atom. The minimum Gasteiger partial charge on any atom is -0.379 e. The Morgan fingerprint density at radius 3 is 2.92 bits per heavy atom. The van der Waals surface area contributed by atoms with Gasteiger partial charge in [-0.1, -0.05) is 6.07 Å². The molecule has 0 aromatic carbocycles. The van der Waals surface area contributed by atoms with Crippen LogP contribution in [0, 0.1) is 0 Å². The molecule has 0 saturated heterocycles. The van der Waals surface area contributed by atoms with Gasteiger partial charge < -0.3 is 15.4 Å². The van der Waals surface area contributed by atoms with Crippen LogP contribution < -0.4 is 16.1 Å². The Balaban J connectivity index is 1.70. The summed E-state index contributed by atoms with van der Waals surface area (Å²) >= 11 is 0. The second-order valence-electron chi connectivity index (χ2n) is 6.50. The van der Waals surface area contributed by atoms with Gasteiger partial charge in [0.25, 0.3) is 0 Å². The van der Waals surface area contributed by atoms with Crippen molar-refractivity contribution in [1.82, 2.24) is 19.6 Å². The molecule has 0 amide bonds. The number of fused-ring (bicyclic) bond motifs is 1. The predicted octanol–water partition coefficient (Wildman–Crippen LogP) is 1.22. The van der Waals surface area contributed by atoms with Crippen LogP contribution in [0.3, 0.4) is 0 Å². The molecule has 3 rings (SSSR count). The van der Waals surface area contributed by atoms with Gasteiger partial charge in [0.1, 0.15) is 19.5 Å². The van der Waals surface area contributed by atoms with E-state index in [0.717, 1.165) is 47.9 Å². The molecule has 0 aliphatic rings. The van der Waals surface area contributed by atoms with Gasteiger partial charge >= 0.3 is 0 Å². The highest BCUT2D eigenvalue weighted by Gasteiger charge is 2.09. The van der Waals surface area contributed by atoms with Gasteiger partial charge in [-0.25, -0.2) is 4.98 Å². The summed E-state index contributed by atoms with van der Waals surface area (Å²) in [7, 11) is 2.01. The normalized spacial score (nSPS) is 11.2. The molecule has 0 unspecified atom stereocenters. The predicted molar refractivity (Wildman–Crippen MR) is 107 cm³/mol. The topological polar surface area (TPSA) is 76.4 Å². The molecule has 8 heteroatoms. The zero-order chi connectivity index (χ0) is 18.4. The Morgan fingerprint density at radius 2 is 2.15 bits per heavy atom. The number of nitrogens with zero attached hydrogens (tertiary/aromatic N) is 4. The van der Waals surface area contributed by atoms with Crippen LogP contribution in [0.2, 0.25) is 0 Å². The van der Waals surface area contributed by atoms with Gasteiger partial charge in [-0.05, 0) is 37.4 Å². The summed E-state index contributed by atoms with van der Waals surface area (Å²) in [5.41, 5.74) is 3.00. The number of hydrogen-bond acceptors (Lipinski definition) is 6. The Kier molecular flexibility index (Phi) is 6.06. The van der Waals surface area contributed by atoms with Crippen molar-refractivity contribution in [2.75, 3.05) is 23.8 Å². The molecule has 0 atom stereocenters. The Labute approximate surface area is 154 Å². The third-order valence-electron chi connectivity index (χ3n) is 3.92. The van der Waals surface area contributed by atoms with Gasteiger partial charge in [0.2, 0.25) is 0 Å². The number of anilines is 2. The SMILES string of the molecule is Bc1cnn2c(NCc3cccnc3)cc(NCCCOC(C)C)nc12. The summed E-state index contributed by atoms with van der Waals surface area (Å²) in [6.07, 6.45) is 6.66. The van der Waals surface area contributed by atoms with Crippen LogP contribution in [-0.2, 0) is 11.3 Å². The molecule has 0 aliphatic heterocycles. The zero-order valence-electron chi connectivity index (χ0n) is 15.6. The molecule has 0 aliphatic carbocycles. The van der Waals surface area contributed by atoms with Crippen molar-refractivity contribution < 1.29 is 4.74 Å². The molecule has 0 bridgehead atoms. The molecule has 3 aromatic heterocycles. The van der Waals surface area contributed by atoms with E-state index in [4.69, 9.17) is 4.74 Å². The van der Waals surface area contributed by atoms with E-state index in [1.54, 1.807) is 6.20 Å². The fraction of sp³-hybridized carbons (Fsp3) is 0.389. The van der Waals surface area contributed by atoms with E-state index in [9.17, 15) is 0 Å². The lowest BCUT2D eigenvalue weighted by Crippen LogP contribution is -2.13. The van der Waals surface area contributed by atoms with Crippen molar-refractivity contribution in [2.45, 2.75) is 32.9 Å². The van der Waals surface area contributed by atoms with Crippen LogP contribution in [0.15, 0.2) is 36.8 Å². The smallest absolute Gasteiger partial charge is 0.153 e. The number of ether oxygens (including phenoxy) is 1. The van der Waals surface area contributed by atoms with Gasteiger partial charge in [0.15, 0.2) is 5.65 Å². The lowest BCUT2D eigenvalue weighted by atomic mass is 10.0. The summed E-state index contributed by atoms with van der Waals surface area (Å²) in [6, 6.07) is 5.96. The maximum absolute atomic E-state index is 5.58. The standard InChI is InChI=1S/C18H25BN6O/c1-13(2)26-8-4-7-21-16-9-17(22-11-14-5-3-6-20-10-14)25-18(24-16)15(19)12-23-25/h3,5-6,9-10,12-13,22H,4,7-8,11,19H2,1-2H3,(H,21,24). The Bertz CT molecular complexity index is 836. The molecule has 2 N–H and O–H groups in total. The van der Waals surface area contributed by atoms with Gasteiger partial charge in [-0.3, -0.25) is 4.98 Å². The van der Waals surface area contributed by atoms with Crippen LogP contribution in [0.1, 0.15) is 25.8 Å². The van der Waals surface area contributed by atoms with Crippen molar-refractivity contribution in [1.29, 1.82) is 0 Å². The maximum Gasteiger partial charge on any atom is 0.153 e. The molecule has 136 valence electrons. The number of rotatable bonds is 9. The molecular formula is C18H25BN6O. The van der Waals surface area contributed by atoms with Crippen molar-refractivity contribution in [3.8, 4) is 0 Å². The first-order valence-electron chi connectivity index (χ1n) is 8.97. The van der Waals surface area contributed by atoms with Gasteiger partial charge in [0, 0.05) is 44.4 Å². The van der Waals surface area contributed by atoms with Crippen LogP contribution >= 0.6 is 0 Å². The summed E-state index contributed by atoms with van der Waals surface area (Å²) < 4.78 is 7.41. The number of aromatic nitrogens is 4. The second-order valence-corrected chi connectivity index (χ2v) is 6.50. The van der Waals surface area contributed by atoms with Gasteiger partial charge in [-0.2, -0.15) is 9.61 Å². The summed E-state index contributed by atoms with van der Waals surface area (Å²) in [5.74, 6) is 1.73. The van der Waals surface area contributed by atoms with E-state index in [-0.39, 0.29) is 6.10 Å². The van der Waals surface area contributed by atoms with Crippen molar-refractivity contribution in [3.63, 3.8) is 0 Å². The van der Waals surface area contributed by atoms with Crippen LogP contribution in [0.5, 0.6) is 0 Å². The quantitative estimate of drug-likeness (QED) is 0.446. The highest BCUT2D eigenvalue weighted by atomic mass is 16.5. The largest absolute Gasteiger partial charge is 0.379 e. The molecule has 0 saturated carbocycles. The summed E-state index contributed by atoms with van der Waals surface area (Å²) in [5, 5.41) is 11.2. The third-order valence-corrected chi connectivity index (χ3v) is 3.92. The third kappa shape index (κ3) is 4.73. The molecule has 3 aromatic rings. The van der Waals surface area contributed by atoms with E-state index in [2.05, 4.69) is 25.7 Å². The van der Waals surface area contributed by atoms with Crippen molar-refractivity contribution >= 4 is 30.6 Å². The van der Waals surface area contributed by atoms with Crippen LogP contribution in [0.25, 0.3) is 5.65 Å². The monoisotopic (exact) mass is 352 g/mol. The van der Waals surface area contributed by atoms with E-state index in [1.807, 2.05) is 56.8 Å².